The van der Waals surface area contributed by atoms with Crippen molar-refractivity contribution in [1.29, 1.82) is 0.879 Å². The van der Waals surface area contributed by atoms with Crippen LogP contribution in [0.3, 0.4) is 0 Å². The van der Waals surface area contributed by atoms with Crippen molar-refractivity contribution in [3.63, 3.8) is 0 Å². The molecule has 8 heavy (non-hydrogen) atoms. The Morgan fingerprint density at radius 3 is 2.75 bits per heavy atom. The smallest absolute Gasteiger partial charge is 1.00 e. The second-order valence-corrected chi connectivity index (χ2v) is 2.14. The van der Waals surface area contributed by atoms with Gasteiger partial charge in [0.05, 0.1) is 0 Å². The van der Waals surface area contributed by atoms with Crippen LogP contribution in [0.2, 0.25) is 0 Å². The summed E-state index contributed by atoms with van der Waals surface area (Å²) >= 11 is -0.963. The minimum Gasteiger partial charge on any atom is 1.00 e. The molecule has 0 rings (SSSR count). The van der Waals surface area contributed by atoms with E-state index in [1.54, 1.807) is 6.92 Å². The average Bonchev–Trinajstić information content (AvgIpc) is 1.84. The van der Waals surface area contributed by atoms with E-state index in [2.05, 4.69) is 0 Å². The van der Waals surface area contributed by atoms with E-state index < -0.39 is 17.1 Å². The molecule has 0 N–H and O–H groups in total. The van der Waals surface area contributed by atoms with E-state index >= 15 is 0 Å². The van der Waals surface area contributed by atoms with Gasteiger partial charge in [0.15, 0.2) is 0 Å². The molecular formula is C4H11FKNV+. The van der Waals surface area contributed by atoms with Gasteiger partial charge in [-0.05, 0) is 0 Å². The van der Waals surface area contributed by atoms with Crippen molar-refractivity contribution >= 4 is 0 Å². The molecule has 0 heterocycles. The summed E-state index contributed by atoms with van der Waals surface area (Å²) in [7, 11) is 0. The minimum absolute atomic E-state index is 0. The van der Waals surface area contributed by atoms with Gasteiger partial charge in [-0.1, -0.05) is 0 Å². The van der Waals surface area contributed by atoms with Gasteiger partial charge in [-0.2, -0.15) is 0 Å². The second kappa shape index (κ2) is 7.06. The fourth-order valence-corrected chi connectivity index (χ4v) is 0.406. The Kier molecular flexibility index (Phi) is 8.78. The van der Waals surface area contributed by atoms with Crippen LogP contribution in [0.1, 0.15) is 21.7 Å². The molecule has 0 radical (unpaired) electrons. The SMILES string of the molecule is [3H-].[3H][V]=[N+](F)C(C)CC.[K+]. The first-order valence-corrected chi connectivity index (χ1v) is 2.94. The maximum absolute atomic E-state index is 12.2. The zero-order chi connectivity index (χ0) is 6.57. The molecule has 1 atom stereocenters. The van der Waals surface area contributed by atoms with Crippen LogP contribution in [0.4, 0.5) is 4.48 Å². The van der Waals surface area contributed by atoms with Crippen molar-refractivity contribution in [3.8, 4) is 0 Å². The van der Waals surface area contributed by atoms with Crippen LogP contribution in [0.25, 0.3) is 0 Å². The molecule has 0 aromatic carbocycles. The van der Waals surface area contributed by atoms with E-state index in [1.165, 1.54) is 0 Å². The van der Waals surface area contributed by atoms with Crippen LogP contribution in [-0.2, 0) is 17.1 Å². The third kappa shape index (κ3) is 6.08. The number of halogens is 1. The Labute approximate surface area is 103 Å². The first-order valence-electron chi connectivity index (χ1n) is 2.77. The topological polar surface area (TPSA) is 3.01 Å². The Balaban J connectivity index is -0.000000245. The standard InChI is InChI=1S/C4H9FN.K.V.2H/c1-3-4(2)6-5;;;;/h4H,3H2,1-2H3;;;;/q-1;+1;+2;;-1/i;;;2*1+2. The predicted octanol–water partition coefficient (Wildman–Crippen LogP) is -1.74. The second-order valence-electron chi connectivity index (χ2n) is 1.55. The first-order chi connectivity index (χ1) is 3.72. The zero-order valence-corrected chi connectivity index (χ0v) is 10.1. The van der Waals surface area contributed by atoms with E-state index in [1.807, 2.05) is 6.92 Å². The van der Waals surface area contributed by atoms with Crippen LogP contribution in [-0.4, -0.2) is 10.5 Å². The van der Waals surface area contributed by atoms with Gasteiger partial charge in [-0.3, -0.25) is 0 Å². The quantitative estimate of drug-likeness (QED) is 0.356. The molecule has 1 unspecified atom stereocenters. The summed E-state index contributed by atoms with van der Waals surface area (Å²) in [4.78, 5) is 0. The molecule has 0 aliphatic heterocycles. The molecule has 0 aliphatic carbocycles. The van der Waals surface area contributed by atoms with Crippen LogP contribution in [0.5, 0.6) is 0 Å². The van der Waals surface area contributed by atoms with E-state index in [0.29, 0.717) is 3.60 Å². The van der Waals surface area contributed by atoms with Crippen LogP contribution in [0, 0.1) is 0 Å². The molecule has 0 aromatic rings. The zero-order valence-electron chi connectivity index (χ0n) is 7.56. The Bertz CT molecular complexity index is 103. The molecule has 0 saturated heterocycles. The van der Waals surface area contributed by atoms with Gasteiger partial charge in [-0.25, -0.2) is 0 Å². The molecule has 4 heteroatoms. The Morgan fingerprint density at radius 1 is 2.12 bits per heavy atom. The number of hydrogen-bond donors (Lipinski definition) is 0. The van der Waals surface area contributed by atoms with Crippen LogP contribution in [0.15, 0.2) is 0 Å². The molecule has 0 fully saturated rings. The van der Waals surface area contributed by atoms with Gasteiger partial charge in [0.2, 0.25) is 0 Å². The first kappa shape index (κ1) is 9.95. The van der Waals surface area contributed by atoms with Gasteiger partial charge in [-0.15, -0.1) is 0 Å². The predicted molar refractivity (Wildman–Crippen MR) is 23.6 cm³/mol. The van der Waals surface area contributed by atoms with E-state index in [9.17, 15) is 4.48 Å². The van der Waals surface area contributed by atoms with Gasteiger partial charge >= 0.3 is 104 Å². The number of hydrogen-bond acceptors (Lipinski definition) is 0. The van der Waals surface area contributed by atoms with Crippen molar-refractivity contribution in [2.75, 3.05) is 0 Å². The number of rotatable bonds is 2. The van der Waals surface area contributed by atoms with Crippen molar-refractivity contribution in [2.45, 2.75) is 26.3 Å². The molecule has 0 amide bonds. The van der Waals surface area contributed by atoms with Gasteiger partial charge in [0.1, 0.15) is 0 Å². The summed E-state index contributed by atoms with van der Waals surface area (Å²) in [5.74, 6) is 0. The van der Waals surface area contributed by atoms with Gasteiger partial charge in [0, 0.05) is 0 Å². The molecule has 1 nitrogen and oxygen atoms in total. The monoisotopic (exact) mass is 186 g/mol. The third-order valence-corrected chi connectivity index (χ3v) is 1.57. The Hall–Kier alpha value is 1.95. The van der Waals surface area contributed by atoms with E-state index in [-0.39, 0.29) is 58.9 Å². The number of nitrogens with zero attached hydrogens (tertiary/aromatic N) is 1. The van der Waals surface area contributed by atoms with E-state index in [4.69, 9.17) is 0.879 Å². The maximum atomic E-state index is 12.2. The van der Waals surface area contributed by atoms with Gasteiger partial charge < -0.3 is 1.43 Å². The summed E-state index contributed by atoms with van der Waals surface area (Å²) in [5.41, 5.74) is 0. The molecule has 44 valence electrons. The minimum atomic E-state index is -0.963. The van der Waals surface area contributed by atoms with Crippen LogP contribution >= 0.6 is 0 Å². The van der Waals surface area contributed by atoms with Crippen molar-refractivity contribution in [2.24, 2.45) is 0 Å². The maximum Gasteiger partial charge on any atom is 1.00 e. The molecule has 0 spiro atoms. The Morgan fingerprint density at radius 2 is 2.62 bits per heavy atom. The molecule has 0 aromatic heterocycles. The molecule has 0 aliphatic rings. The fraction of sp³-hybridized carbons (Fsp3) is 1.00. The summed E-state index contributed by atoms with van der Waals surface area (Å²) in [5, 5.41) is 0. The average molecular weight is 186 g/mol. The van der Waals surface area contributed by atoms with Crippen LogP contribution < -0.4 is 51.4 Å². The molecular weight excluding hydrogens is 171 g/mol. The van der Waals surface area contributed by atoms with Crippen molar-refractivity contribution in [3.05, 3.63) is 0 Å². The largest absolute Gasteiger partial charge is 1.00 e. The summed E-state index contributed by atoms with van der Waals surface area (Å²) in [6, 6.07) is -0.0625. The van der Waals surface area contributed by atoms with Crippen molar-refractivity contribution < 1.29 is 78.0 Å². The molecule has 0 saturated carbocycles. The van der Waals surface area contributed by atoms with Crippen molar-refractivity contribution in [1.82, 2.24) is 0 Å². The summed E-state index contributed by atoms with van der Waals surface area (Å²) in [6.45, 7) is 3.69. The summed E-state index contributed by atoms with van der Waals surface area (Å²) in [6.07, 6.45) is 0.783. The summed E-state index contributed by atoms with van der Waals surface area (Å²) < 4.78 is 19.5. The van der Waals surface area contributed by atoms with E-state index in [0.717, 1.165) is 6.42 Å². The third-order valence-electron chi connectivity index (χ3n) is 0.955. The normalized spacial score (nSPS) is 16.4. The van der Waals surface area contributed by atoms with Gasteiger partial charge in [0.25, 0.3) is 0 Å². The molecule has 0 bridgehead atoms. The fourth-order valence-electron chi connectivity index (χ4n) is 0.151.